The molecule has 1 aromatic heterocycles. The van der Waals surface area contributed by atoms with E-state index in [0.717, 1.165) is 11.3 Å². The Bertz CT molecular complexity index is 1040. The van der Waals surface area contributed by atoms with E-state index in [1.807, 2.05) is 0 Å². The average Bonchev–Trinajstić information content (AvgIpc) is 3.29. The molecule has 1 fully saturated rings. The second kappa shape index (κ2) is 8.42. The lowest BCUT2D eigenvalue weighted by Gasteiger charge is -2.22. The van der Waals surface area contributed by atoms with Crippen molar-refractivity contribution in [3.8, 4) is 11.5 Å². The van der Waals surface area contributed by atoms with Crippen LogP contribution in [0.5, 0.6) is 11.5 Å². The maximum absolute atomic E-state index is 12.8. The van der Waals surface area contributed by atoms with Crippen molar-refractivity contribution in [3.05, 3.63) is 28.8 Å². The van der Waals surface area contributed by atoms with Gasteiger partial charge in [-0.2, -0.15) is 0 Å². The first kappa shape index (κ1) is 20.9. The number of carbonyl (C=O) groups excluding carboxylic acids is 3. The lowest BCUT2D eigenvalue weighted by Crippen LogP contribution is -2.37. The van der Waals surface area contributed by atoms with Crippen LogP contribution in [0.4, 0.5) is 15.6 Å². The van der Waals surface area contributed by atoms with Crippen molar-refractivity contribution in [2.24, 2.45) is 0 Å². The van der Waals surface area contributed by atoms with Crippen LogP contribution < -0.4 is 19.7 Å². The summed E-state index contributed by atoms with van der Waals surface area (Å²) in [5, 5.41) is 3.02. The van der Waals surface area contributed by atoms with E-state index in [9.17, 15) is 14.4 Å². The SMILES string of the molecule is Cc1nc(NC(=O)CN2CCN(c3ccc4c(c3)OCCO4)C2=O)sc1C(=O)N(C)C. The third-order valence-electron chi connectivity index (χ3n) is 4.91. The quantitative estimate of drug-likeness (QED) is 0.753. The number of aromatic nitrogens is 1. The molecular formula is C20H23N5O5S. The smallest absolute Gasteiger partial charge is 0.325 e. The lowest BCUT2D eigenvalue weighted by atomic mass is 10.2. The van der Waals surface area contributed by atoms with Crippen molar-refractivity contribution in [3.63, 3.8) is 0 Å². The van der Waals surface area contributed by atoms with E-state index in [0.29, 0.717) is 59.2 Å². The van der Waals surface area contributed by atoms with E-state index < -0.39 is 0 Å². The van der Waals surface area contributed by atoms with Crippen LogP contribution in [0.3, 0.4) is 0 Å². The zero-order valence-electron chi connectivity index (χ0n) is 17.5. The number of ether oxygens (including phenoxy) is 2. The fraction of sp³-hybridized carbons (Fsp3) is 0.400. The first-order valence-electron chi connectivity index (χ1n) is 9.78. The molecule has 1 aromatic carbocycles. The molecule has 1 saturated heterocycles. The minimum absolute atomic E-state index is 0.102. The summed E-state index contributed by atoms with van der Waals surface area (Å²) < 4.78 is 11.1. The van der Waals surface area contributed by atoms with Crippen molar-refractivity contribution in [1.82, 2.24) is 14.8 Å². The summed E-state index contributed by atoms with van der Waals surface area (Å²) in [4.78, 5) is 46.7. The number of anilines is 2. The van der Waals surface area contributed by atoms with Crippen molar-refractivity contribution in [1.29, 1.82) is 0 Å². The Labute approximate surface area is 183 Å². The van der Waals surface area contributed by atoms with E-state index in [2.05, 4.69) is 10.3 Å². The Hall–Kier alpha value is -3.34. The molecule has 0 atom stereocenters. The number of fused-ring (bicyclic) bond motifs is 1. The molecular weight excluding hydrogens is 422 g/mol. The molecule has 164 valence electrons. The largest absolute Gasteiger partial charge is 0.486 e. The molecule has 4 amide bonds. The molecule has 0 aliphatic carbocycles. The first-order chi connectivity index (χ1) is 14.8. The maximum atomic E-state index is 12.8. The molecule has 31 heavy (non-hydrogen) atoms. The Kier molecular flexibility index (Phi) is 5.68. The van der Waals surface area contributed by atoms with Crippen LogP contribution in [0.15, 0.2) is 18.2 Å². The van der Waals surface area contributed by atoms with E-state index in [-0.39, 0.29) is 24.4 Å². The van der Waals surface area contributed by atoms with Crippen LogP contribution in [0, 0.1) is 6.92 Å². The summed E-state index contributed by atoms with van der Waals surface area (Å²) in [5.41, 5.74) is 1.25. The van der Waals surface area contributed by atoms with Crippen LogP contribution in [0.1, 0.15) is 15.4 Å². The average molecular weight is 446 g/mol. The van der Waals surface area contributed by atoms with Gasteiger partial charge in [0.2, 0.25) is 5.91 Å². The number of thiazole rings is 1. The van der Waals surface area contributed by atoms with E-state index >= 15 is 0 Å². The lowest BCUT2D eigenvalue weighted by molar-refractivity contribution is -0.116. The Morgan fingerprint density at radius 2 is 1.94 bits per heavy atom. The minimum Gasteiger partial charge on any atom is -0.486 e. The number of nitrogens with one attached hydrogen (secondary N) is 1. The monoisotopic (exact) mass is 445 g/mol. The summed E-state index contributed by atoms with van der Waals surface area (Å²) in [6.45, 7) is 3.47. The molecule has 10 nitrogen and oxygen atoms in total. The zero-order chi connectivity index (χ0) is 22.1. The molecule has 2 aromatic rings. The number of aryl methyl sites for hydroxylation is 1. The van der Waals surface area contributed by atoms with Crippen LogP contribution in [-0.4, -0.2) is 79.6 Å². The number of rotatable bonds is 5. The summed E-state index contributed by atoms with van der Waals surface area (Å²) >= 11 is 1.12. The van der Waals surface area contributed by atoms with Crippen LogP contribution >= 0.6 is 11.3 Å². The molecule has 0 bridgehead atoms. The minimum atomic E-state index is -0.366. The number of amides is 4. The van der Waals surface area contributed by atoms with Crippen LogP contribution in [0.2, 0.25) is 0 Å². The highest BCUT2D eigenvalue weighted by Crippen LogP contribution is 2.35. The van der Waals surface area contributed by atoms with Crippen LogP contribution in [-0.2, 0) is 4.79 Å². The van der Waals surface area contributed by atoms with Gasteiger partial charge in [0.05, 0.1) is 5.69 Å². The molecule has 4 rings (SSSR count). The molecule has 0 saturated carbocycles. The number of nitrogens with zero attached hydrogens (tertiary/aromatic N) is 4. The van der Waals surface area contributed by atoms with Gasteiger partial charge in [-0.1, -0.05) is 11.3 Å². The second-order valence-electron chi connectivity index (χ2n) is 7.37. The highest BCUT2D eigenvalue weighted by Gasteiger charge is 2.32. The zero-order valence-corrected chi connectivity index (χ0v) is 18.3. The third kappa shape index (κ3) is 4.26. The topological polar surface area (TPSA) is 104 Å². The predicted molar refractivity (Wildman–Crippen MR) is 115 cm³/mol. The highest BCUT2D eigenvalue weighted by atomic mass is 32.1. The number of carbonyl (C=O) groups is 3. The van der Waals surface area contributed by atoms with Gasteiger partial charge >= 0.3 is 6.03 Å². The van der Waals surface area contributed by atoms with Gasteiger partial charge in [-0.05, 0) is 19.1 Å². The fourth-order valence-electron chi connectivity index (χ4n) is 3.35. The molecule has 0 unspecified atom stereocenters. The standard InChI is InChI=1S/C20H23N5O5S/c1-12-17(18(27)23(2)3)31-19(21-12)22-16(26)11-24-6-7-25(20(24)28)13-4-5-14-15(10-13)30-9-8-29-14/h4-5,10H,6-9,11H2,1-3H3,(H,21,22,26). The normalized spacial score (nSPS) is 15.3. The van der Waals surface area contributed by atoms with Gasteiger partial charge in [0, 0.05) is 38.9 Å². The summed E-state index contributed by atoms with van der Waals surface area (Å²) in [5.74, 6) is 0.731. The first-order valence-corrected chi connectivity index (χ1v) is 10.6. The fourth-order valence-corrected chi connectivity index (χ4v) is 4.36. The van der Waals surface area contributed by atoms with Crippen molar-refractivity contribution >= 4 is 40.0 Å². The van der Waals surface area contributed by atoms with Crippen LogP contribution in [0.25, 0.3) is 0 Å². The molecule has 3 heterocycles. The van der Waals surface area contributed by atoms with Gasteiger partial charge in [0.25, 0.3) is 5.91 Å². The number of benzene rings is 1. The molecule has 2 aliphatic heterocycles. The number of hydrogen-bond donors (Lipinski definition) is 1. The summed E-state index contributed by atoms with van der Waals surface area (Å²) in [6.07, 6.45) is 0. The Balaban J connectivity index is 1.38. The molecule has 2 aliphatic rings. The second-order valence-corrected chi connectivity index (χ2v) is 8.36. The molecule has 11 heteroatoms. The predicted octanol–water partition coefficient (Wildman–Crippen LogP) is 1.81. The van der Waals surface area contributed by atoms with E-state index in [1.165, 1.54) is 9.80 Å². The molecule has 1 N–H and O–H groups in total. The Morgan fingerprint density at radius 3 is 2.68 bits per heavy atom. The number of urea groups is 1. The van der Waals surface area contributed by atoms with Gasteiger partial charge in [-0.15, -0.1) is 0 Å². The van der Waals surface area contributed by atoms with Gasteiger partial charge in [-0.3, -0.25) is 14.5 Å². The van der Waals surface area contributed by atoms with Crippen molar-refractivity contribution in [2.45, 2.75) is 6.92 Å². The number of hydrogen-bond acceptors (Lipinski definition) is 7. The van der Waals surface area contributed by atoms with Crippen molar-refractivity contribution in [2.75, 3.05) is 57.2 Å². The third-order valence-corrected chi connectivity index (χ3v) is 5.97. The molecule has 0 radical (unpaired) electrons. The van der Waals surface area contributed by atoms with Gasteiger partial charge in [0.15, 0.2) is 16.6 Å². The van der Waals surface area contributed by atoms with E-state index in [1.54, 1.807) is 44.1 Å². The summed E-state index contributed by atoms with van der Waals surface area (Å²) in [6, 6.07) is 5.10. The van der Waals surface area contributed by atoms with E-state index in [4.69, 9.17) is 9.47 Å². The van der Waals surface area contributed by atoms with Crippen molar-refractivity contribution < 1.29 is 23.9 Å². The molecule has 0 spiro atoms. The van der Waals surface area contributed by atoms with Gasteiger partial charge in [-0.25, -0.2) is 9.78 Å². The summed E-state index contributed by atoms with van der Waals surface area (Å²) in [7, 11) is 3.32. The Morgan fingerprint density at radius 1 is 1.19 bits per heavy atom. The maximum Gasteiger partial charge on any atom is 0.325 e. The highest BCUT2D eigenvalue weighted by molar-refractivity contribution is 7.17. The van der Waals surface area contributed by atoms with Gasteiger partial charge in [0.1, 0.15) is 24.6 Å². The van der Waals surface area contributed by atoms with Gasteiger partial charge < -0.3 is 24.6 Å².